The van der Waals surface area contributed by atoms with E-state index in [1.165, 1.54) is 0 Å². The molecule has 0 bridgehead atoms. The molecule has 128 valence electrons. The van der Waals surface area contributed by atoms with Gasteiger partial charge in [0.15, 0.2) is 0 Å². The van der Waals surface area contributed by atoms with Crippen molar-refractivity contribution in [3.8, 4) is 0 Å². The molecule has 1 aromatic rings. The van der Waals surface area contributed by atoms with Crippen LogP contribution in [0.5, 0.6) is 0 Å². The molecule has 1 aromatic carbocycles. The molecule has 3 rings (SSSR count). The molecule has 0 saturated carbocycles. The monoisotopic (exact) mass is 329 g/mol. The third kappa shape index (κ3) is 3.27. The van der Waals surface area contributed by atoms with E-state index in [1.54, 1.807) is 4.90 Å². The zero-order valence-electron chi connectivity index (χ0n) is 13.9. The van der Waals surface area contributed by atoms with Gasteiger partial charge in [-0.2, -0.15) is 0 Å². The van der Waals surface area contributed by atoms with Crippen molar-refractivity contribution in [1.82, 2.24) is 10.2 Å². The van der Waals surface area contributed by atoms with Crippen molar-refractivity contribution in [3.05, 3.63) is 29.8 Å². The van der Waals surface area contributed by atoms with Crippen LogP contribution < -0.4 is 10.6 Å². The normalized spacial score (nSPS) is 22.5. The maximum absolute atomic E-state index is 12.5. The summed E-state index contributed by atoms with van der Waals surface area (Å²) in [6.07, 6.45) is 2.11. The zero-order chi connectivity index (χ0) is 17.1. The molecule has 0 radical (unpaired) electrons. The summed E-state index contributed by atoms with van der Waals surface area (Å²) in [7, 11) is 0. The standard InChI is InChI=1S/C18H23N3O3/c1-2-21(15-9-10-19-18(15)24)16(22)8-7-13-11-12-5-3-4-6-14(12)20-17(13)23/h3-6,13,15H,2,7-11H2,1H3,(H,19,24)(H,20,23)/t13-,15-/m0/s1. The molecular weight excluding hydrogens is 306 g/mol. The number of likely N-dealkylation sites (N-methyl/N-ethyl adjacent to an activating group) is 1. The second kappa shape index (κ2) is 7.03. The Bertz CT molecular complexity index is 659. The Kier molecular flexibility index (Phi) is 4.83. The van der Waals surface area contributed by atoms with Gasteiger partial charge in [0.25, 0.3) is 0 Å². The van der Waals surface area contributed by atoms with E-state index in [4.69, 9.17) is 0 Å². The van der Waals surface area contributed by atoms with Gasteiger partial charge in [0.2, 0.25) is 17.7 Å². The van der Waals surface area contributed by atoms with Gasteiger partial charge in [-0.15, -0.1) is 0 Å². The van der Waals surface area contributed by atoms with E-state index < -0.39 is 0 Å². The van der Waals surface area contributed by atoms with Gasteiger partial charge in [-0.25, -0.2) is 0 Å². The lowest BCUT2D eigenvalue weighted by molar-refractivity contribution is -0.139. The van der Waals surface area contributed by atoms with Crippen LogP contribution in [0.1, 0.15) is 31.7 Å². The SMILES string of the molecule is CCN(C(=O)CC[C@H]1Cc2ccccc2NC1=O)[C@H]1CCNC1=O. The minimum Gasteiger partial charge on any atom is -0.354 e. The number of para-hydroxylation sites is 1. The van der Waals surface area contributed by atoms with E-state index in [1.807, 2.05) is 31.2 Å². The maximum atomic E-state index is 12.5. The number of carbonyl (C=O) groups is 3. The number of nitrogens with zero attached hydrogens (tertiary/aromatic N) is 1. The Labute approximate surface area is 141 Å². The zero-order valence-corrected chi connectivity index (χ0v) is 13.9. The van der Waals surface area contributed by atoms with Gasteiger partial charge in [-0.1, -0.05) is 18.2 Å². The first kappa shape index (κ1) is 16.5. The minimum absolute atomic E-state index is 0.0249. The summed E-state index contributed by atoms with van der Waals surface area (Å²) in [5, 5.41) is 5.68. The van der Waals surface area contributed by atoms with Crippen LogP contribution in [0.2, 0.25) is 0 Å². The van der Waals surface area contributed by atoms with E-state index in [9.17, 15) is 14.4 Å². The van der Waals surface area contributed by atoms with Gasteiger partial charge >= 0.3 is 0 Å². The number of amides is 3. The number of hydrogen-bond acceptors (Lipinski definition) is 3. The van der Waals surface area contributed by atoms with Crippen LogP contribution in [0.4, 0.5) is 5.69 Å². The van der Waals surface area contributed by atoms with Gasteiger partial charge in [-0.3, -0.25) is 14.4 Å². The van der Waals surface area contributed by atoms with Crippen molar-refractivity contribution in [3.63, 3.8) is 0 Å². The predicted octanol–water partition coefficient (Wildman–Crippen LogP) is 1.31. The lowest BCUT2D eigenvalue weighted by atomic mass is 9.89. The molecule has 0 unspecified atom stereocenters. The molecule has 2 N–H and O–H groups in total. The van der Waals surface area contributed by atoms with Crippen molar-refractivity contribution >= 4 is 23.4 Å². The summed E-state index contributed by atoms with van der Waals surface area (Å²) in [4.78, 5) is 38.2. The van der Waals surface area contributed by atoms with Crippen LogP contribution in [0.3, 0.4) is 0 Å². The first-order valence-corrected chi connectivity index (χ1v) is 8.56. The molecule has 1 saturated heterocycles. The molecule has 0 aromatic heterocycles. The van der Waals surface area contributed by atoms with Crippen LogP contribution in [0.25, 0.3) is 0 Å². The Morgan fingerprint density at radius 2 is 2.04 bits per heavy atom. The maximum Gasteiger partial charge on any atom is 0.242 e. The second-order valence-electron chi connectivity index (χ2n) is 6.36. The summed E-state index contributed by atoms with van der Waals surface area (Å²) in [6.45, 7) is 3.01. The molecule has 24 heavy (non-hydrogen) atoms. The number of fused-ring (bicyclic) bond motifs is 1. The summed E-state index contributed by atoms with van der Waals surface area (Å²) in [5.41, 5.74) is 1.97. The Morgan fingerprint density at radius 1 is 1.25 bits per heavy atom. The molecule has 0 spiro atoms. The third-order valence-corrected chi connectivity index (χ3v) is 4.88. The Hall–Kier alpha value is -2.37. The minimum atomic E-state index is -0.358. The molecule has 3 amide bonds. The van der Waals surface area contributed by atoms with Gasteiger partial charge < -0.3 is 15.5 Å². The lowest BCUT2D eigenvalue weighted by Gasteiger charge is -2.28. The molecule has 1 fully saturated rings. The largest absolute Gasteiger partial charge is 0.354 e. The highest BCUT2D eigenvalue weighted by molar-refractivity contribution is 5.96. The van der Waals surface area contributed by atoms with Crippen LogP contribution in [-0.4, -0.2) is 41.8 Å². The van der Waals surface area contributed by atoms with Gasteiger partial charge in [-0.05, 0) is 37.8 Å². The van der Waals surface area contributed by atoms with Gasteiger partial charge in [0.1, 0.15) is 6.04 Å². The van der Waals surface area contributed by atoms with Crippen molar-refractivity contribution in [1.29, 1.82) is 0 Å². The Balaban J connectivity index is 1.60. The first-order valence-electron chi connectivity index (χ1n) is 8.56. The number of anilines is 1. The average molecular weight is 329 g/mol. The van der Waals surface area contributed by atoms with Crippen LogP contribution in [0, 0.1) is 5.92 Å². The second-order valence-corrected chi connectivity index (χ2v) is 6.36. The van der Waals surface area contributed by atoms with E-state index in [0.29, 0.717) is 32.4 Å². The lowest BCUT2D eigenvalue weighted by Crippen LogP contribution is -2.44. The number of carbonyl (C=O) groups excluding carboxylic acids is 3. The summed E-state index contributed by atoms with van der Waals surface area (Å²) >= 11 is 0. The molecule has 2 atom stereocenters. The Morgan fingerprint density at radius 3 is 2.75 bits per heavy atom. The molecule has 6 heteroatoms. The van der Waals surface area contributed by atoms with Crippen molar-refractivity contribution in [2.75, 3.05) is 18.4 Å². The quantitative estimate of drug-likeness (QED) is 0.855. The molecule has 2 aliphatic heterocycles. The van der Waals surface area contributed by atoms with Gasteiger partial charge in [0, 0.05) is 31.1 Å². The fourth-order valence-electron chi connectivity index (χ4n) is 3.54. The topological polar surface area (TPSA) is 78.5 Å². The van der Waals surface area contributed by atoms with Crippen molar-refractivity contribution in [2.24, 2.45) is 5.92 Å². The molecular formula is C18H23N3O3. The molecule has 2 aliphatic rings. The third-order valence-electron chi connectivity index (χ3n) is 4.88. The van der Waals surface area contributed by atoms with Crippen molar-refractivity contribution in [2.45, 2.75) is 38.6 Å². The predicted molar refractivity (Wildman–Crippen MR) is 90.3 cm³/mol. The van der Waals surface area contributed by atoms with E-state index in [0.717, 1.165) is 11.3 Å². The van der Waals surface area contributed by atoms with Crippen LogP contribution in [0.15, 0.2) is 24.3 Å². The van der Waals surface area contributed by atoms with Gasteiger partial charge in [0.05, 0.1) is 0 Å². The summed E-state index contributed by atoms with van der Waals surface area (Å²) in [5.74, 6) is -0.344. The molecule has 2 heterocycles. The van der Waals surface area contributed by atoms with E-state index in [2.05, 4.69) is 10.6 Å². The number of nitrogens with one attached hydrogen (secondary N) is 2. The van der Waals surface area contributed by atoms with Crippen LogP contribution in [-0.2, 0) is 20.8 Å². The highest BCUT2D eigenvalue weighted by Gasteiger charge is 2.33. The fourth-order valence-corrected chi connectivity index (χ4v) is 3.54. The van der Waals surface area contributed by atoms with Crippen LogP contribution >= 0.6 is 0 Å². The first-order chi connectivity index (χ1) is 11.6. The molecule has 6 nitrogen and oxygen atoms in total. The summed E-state index contributed by atoms with van der Waals surface area (Å²) < 4.78 is 0. The number of benzene rings is 1. The van der Waals surface area contributed by atoms with E-state index >= 15 is 0 Å². The number of hydrogen-bond donors (Lipinski definition) is 2. The van der Waals surface area contributed by atoms with E-state index in [-0.39, 0.29) is 36.1 Å². The molecule has 0 aliphatic carbocycles. The summed E-state index contributed by atoms with van der Waals surface area (Å²) in [6, 6.07) is 7.39. The number of rotatable bonds is 5. The highest BCUT2D eigenvalue weighted by Crippen LogP contribution is 2.27. The van der Waals surface area contributed by atoms with Crippen molar-refractivity contribution < 1.29 is 14.4 Å². The average Bonchev–Trinajstić information content (AvgIpc) is 2.99. The highest BCUT2D eigenvalue weighted by atomic mass is 16.2. The smallest absolute Gasteiger partial charge is 0.242 e. The fraction of sp³-hybridized carbons (Fsp3) is 0.500.